The van der Waals surface area contributed by atoms with Gasteiger partial charge in [-0.15, -0.1) is 23.2 Å². The van der Waals surface area contributed by atoms with Crippen molar-refractivity contribution in [2.24, 2.45) is 0 Å². The Balaban J connectivity index is 0.000000756. The summed E-state index contributed by atoms with van der Waals surface area (Å²) in [6.07, 6.45) is 6.92. The van der Waals surface area contributed by atoms with Crippen molar-refractivity contribution >= 4 is 63.3 Å². The minimum absolute atomic E-state index is 0. The Morgan fingerprint density at radius 2 is 0.559 bits per heavy atom. The standard InChI is InChI=1S/2C11H9ClN2.2C2F6NO4S2.Cu/c2*12-11(9-5-1-3-7-13-9)10-6-2-4-8-14-10;2*3-1(4,5)14(10,11)9-15(12,13)2(6,7)8;/h2*1-8,11H;;;/q;;2*-1;+2. The molecule has 0 bridgehead atoms. The SMILES string of the molecule is ClC(c1ccccn1)c1ccccn1.ClC(c1ccccn1)c1ccccn1.O=S(=O)([N-]S(=O)(=O)C(F)(F)F)C(F)(F)F.O=S(=O)([N-]S(=O)(=O)C(F)(F)F)C(F)(F)F.[Cu+2]. The van der Waals surface area contributed by atoms with E-state index in [2.05, 4.69) is 19.9 Å². The minimum atomic E-state index is -6.72. The van der Waals surface area contributed by atoms with Crippen LogP contribution in [0, 0.1) is 0 Å². The zero-order valence-electron chi connectivity index (χ0n) is 27.6. The Bertz CT molecular complexity index is 2010. The van der Waals surface area contributed by atoms with Gasteiger partial charge in [-0.05, 0) is 48.5 Å². The van der Waals surface area contributed by atoms with E-state index in [0.29, 0.717) is 0 Å². The monoisotopic (exact) mass is 1030 g/mol. The van der Waals surface area contributed by atoms with Gasteiger partial charge in [0.2, 0.25) is 0 Å². The fourth-order valence-electron chi connectivity index (χ4n) is 2.83. The molecule has 59 heavy (non-hydrogen) atoms. The fraction of sp³-hybridized carbons (Fsp3) is 0.231. The van der Waals surface area contributed by atoms with Crippen LogP contribution < -0.4 is 0 Å². The van der Waals surface area contributed by atoms with Crippen molar-refractivity contribution in [1.82, 2.24) is 19.9 Å². The van der Waals surface area contributed by atoms with Gasteiger partial charge >= 0.3 is 39.1 Å². The van der Waals surface area contributed by atoms with Crippen LogP contribution in [0.2, 0.25) is 0 Å². The molecule has 0 saturated carbocycles. The number of alkyl halides is 14. The number of aromatic nitrogens is 4. The van der Waals surface area contributed by atoms with E-state index in [9.17, 15) is 86.4 Å². The van der Waals surface area contributed by atoms with E-state index in [1.165, 1.54) is 0 Å². The first-order chi connectivity index (χ1) is 26.2. The van der Waals surface area contributed by atoms with E-state index in [4.69, 9.17) is 23.2 Å². The van der Waals surface area contributed by atoms with Gasteiger partial charge in [-0.1, -0.05) is 24.3 Å². The van der Waals surface area contributed by atoms with Crippen LogP contribution in [-0.2, 0) is 57.2 Å². The summed E-state index contributed by atoms with van der Waals surface area (Å²) in [4.78, 5) is 16.7. The van der Waals surface area contributed by atoms with Crippen molar-refractivity contribution in [1.29, 1.82) is 0 Å². The summed E-state index contributed by atoms with van der Waals surface area (Å²) in [5.41, 5.74) is -21.5. The summed E-state index contributed by atoms with van der Waals surface area (Å²) in [7, 11) is -26.9. The molecule has 0 fully saturated rings. The predicted molar refractivity (Wildman–Crippen MR) is 179 cm³/mol. The van der Waals surface area contributed by atoms with Gasteiger partial charge in [0.1, 0.15) is 10.8 Å². The zero-order valence-corrected chi connectivity index (χ0v) is 33.3. The molecule has 0 spiro atoms. The fourth-order valence-corrected chi connectivity index (χ4v) is 6.77. The first kappa shape index (κ1) is 55.6. The van der Waals surface area contributed by atoms with Gasteiger partial charge in [0.05, 0.1) is 22.8 Å². The van der Waals surface area contributed by atoms with Crippen molar-refractivity contribution < 1.29 is 103 Å². The summed E-state index contributed by atoms with van der Waals surface area (Å²) in [6.45, 7) is 0. The molecule has 0 amide bonds. The molecule has 333 valence electrons. The molecule has 0 aliphatic carbocycles. The first-order valence-electron chi connectivity index (χ1n) is 13.8. The van der Waals surface area contributed by atoms with E-state index in [-0.39, 0.29) is 27.8 Å². The molecule has 33 heteroatoms. The third-order valence-electron chi connectivity index (χ3n) is 5.35. The normalized spacial score (nSPS) is 12.7. The molecule has 4 rings (SSSR count). The number of hydrogen-bond donors (Lipinski definition) is 0. The smallest absolute Gasteiger partial charge is 0.421 e. The molecule has 0 N–H and O–H groups in total. The Labute approximate surface area is 346 Å². The van der Waals surface area contributed by atoms with Crippen molar-refractivity contribution in [3.05, 3.63) is 129 Å². The first-order valence-corrected chi connectivity index (χ1v) is 20.5. The summed E-state index contributed by atoms with van der Waals surface area (Å²) >= 11 is 12.4. The molecule has 0 unspecified atom stereocenters. The van der Waals surface area contributed by atoms with Gasteiger partial charge in [0.25, 0.3) is 0 Å². The Morgan fingerprint density at radius 1 is 0.390 bits per heavy atom. The number of halogens is 14. The average molecular weight is 1030 g/mol. The van der Waals surface area contributed by atoms with Crippen molar-refractivity contribution in [2.75, 3.05) is 0 Å². The largest absolute Gasteiger partial charge is 2.00 e. The third-order valence-corrected chi connectivity index (χ3v) is 11.7. The molecule has 4 aromatic heterocycles. The second kappa shape index (κ2) is 21.9. The molecular formula is C26H18Cl2CuF12N6O8S4. The Kier molecular flexibility index (Phi) is 20.6. The summed E-state index contributed by atoms with van der Waals surface area (Å²) in [5.74, 6) is 0. The van der Waals surface area contributed by atoms with Crippen LogP contribution in [0.25, 0.3) is 8.25 Å². The number of nitrogens with zero attached hydrogens (tertiary/aromatic N) is 6. The number of pyridine rings is 4. The maximum atomic E-state index is 11.4. The molecule has 0 atom stereocenters. The predicted octanol–water partition coefficient (Wildman–Crippen LogP) is 7.73. The van der Waals surface area contributed by atoms with Crippen molar-refractivity contribution in [2.45, 2.75) is 32.8 Å². The zero-order chi connectivity index (χ0) is 45.0. The molecule has 14 nitrogen and oxygen atoms in total. The second-order valence-electron chi connectivity index (χ2n) is 9.58. The van der Waals surface area contributed by atoms with Gasteiger partial charge in [0.15, 0.2) is 40.1 Å². The topological polar surface area (TPSA) is 216 Å². The van der Waals surface area contributed by atoms with E-state index in [1.54, 1.807) is 24.8 Å². The van der Waals surface area contributed by atoms with E-state index < -0.39 is 62.1 Å². The molecule has 4 aromatic rings. The number of hydrogen-bond acceptors (Lipinski definition) is 12. The van der Waals surface area contributed by atoms with Gasteiger partial charge in [0, 0.05) is 24.8 Å². The molecular weight excluding hydrogens is 1020 g/mol. The summed E-state index contributed by atoms with van der Waals surface area (Å²) in [6, 6.07) is 22.7. The summed E-state index contributed by atoms with van der Waals surface area (Å²) in [5, 5.41) is -0.533. The average Bonchev–Trinajstić information content (AvgIpc) is 3.10. The quantitative estimate of drug-likeness (QED) is 0.0942. The van der Waals surface area contributed by atoms with E-state index in [1.807, 2.05) is 72.8 Å². The van der Waals surface area contributed by atoms with Crippen molar-refractivity contribution in [3.8, 4) is 0 Å². The number of rotatable bonds is 8. The van der Waals surface area contributed by atoms with Crippen LogP contribution in [0.3, 0.4) is 0 Å². The molecule has 0 aliphatic rings. The van der Waals surface area contributed by atoms with Gasteiger partial charge in [-0.25, -0.2) is 33.7 Å². The van der Waals surface area contributed by atoms with Crippen LogP contribution in [0.1, 0.15) is 33.5 Å². The summed E-state index contributed by atoms with van der Waals surface area (Å²) < 4.78 is 218. The van der Waals surface area contributed by atoms with Gasteiger partial charge < -0.3 is 8.25 Å². The molecule has 4 heterocycles. The molecule has 0 saturated heterocycles. The van der Waals surface area contributed by atoms with Crippen LogP contribution in [-0.4, -0.2) is 75.6 Å². The maximum Gasteiger partial charge on any atom is 2.00 e. The van der Waals surface area contributed by atoms with Gasteiger partial charge in [-0.3, -0.25) is 19.9 Å². The van der Waals surface area contributed by atoms with Gasteiger partial charge in [-0.2, -0.15) is 52.7 Å². The van der Waals surface area contributed by atoms with Crippen LogP contribution in [0.5, 0.6) is 0 Å². The number of sulfonamides is 4. The van der Waals surface area contributed by atoms with E-state index in [0.717, 1.165) is 31.0 Å². The molecule has 0 aliphatic heterocycles. The maximum absolute atomic E-state index is 11.4. The molecule has 0 aromatic carbocycles. The molecule has 1 radical (unpaired) electrons. The Hall–Kier alpha value is -3.42. The third kappa shape index (κ3) is 17.6. The van der Waals surface area contributed by atoms with Crippen LogP contribution >= 0.6 is 23.2 Å². The van der Waals surface area contributed by atoms with Crippen LogP contribution in [0.15, 0.2) is 97.6 Å². The van der Waals surface area contributed by atoms with Crippen LogP contribution in [0.4, 0.5) is 52.7 Å². The minimum Gasteiger partial charge on any atom is -0.421 e. The second-order valence-corrected chi connectivity index (χ2v) is 17.3. The Morgan fingerprint density at radius 3 is 0.678 bits per heavy atom. The van der Waals surface area contributed by atoms with E-state index >= 15 is 0 Å². The van der Waals surface area contributed by atoms with Crippen molar-refractivity contribution in [3.63, 3.8) is 0 Å².